The third-order valence-corrected chi connectivity index (χ3v) is 7.10. The average Bonchev–Trinajstić information content (AvgIpc) is 3.28. The number of aromatic amines is 1. The Bertz CT molecular complexity index is 1270. The molecule has 0 bridgehead atoms. The van der Waals surface area contributed by atoms with Crippen LogP contribution in [-0.4, -0.2) is 51.4 Å². The summed E-state index contributed by atoms with van der Waals surface area (Å²) >= 11 is 3.55. The molecule has 1 aromatic heterocycles. The minimum Gasteiger partial charge on any atom is -0.487 e. The van der Waals surface area contributed by atoms with Crippen LogP contribution in [0.3, 0.4) is 0 Å². The fourth-order valence-corrected chi connectivity index (χ4v) is 5.27. The molecule has 9 heteroatoms. The molecule has 0 radical (unpaired) electrons. The van der Waals surface area contributed by atoms with Gasteiger partial charge in [0.2, 0.25) is 0 Å². The lowest BCUT2D eigenvalue weighted by molar-refractivity contribution is -0.0340. The number of benzene rings is 2. The number of hydrogen-bond acceptors (Lipinski definition) is 5. The lowest BCUT2D eigenvalue weighted by Crippen LogP contribution is -2.53. The van der Waals surface area contributed by atoms with Gasteiger partial charge in [0.25, 0.3) is 5.91 Å². The molecule has 2 aliphatic rings. The molecule has 1 atom stereocenters. The maximum Gasteiger partial charge on any atom is 0.410 e. The van der Waals surface area contributed by atoms with E-state index in [1.807, 2.05) is 51.1 Å². The molecular weight excluding hydrogens is 512 g/mol. The third kappa shape index (κ3) is 4.87. The highest BCUT2D eigenvalue weighted by atomic mass is 79.9. The quantitative estimate of drug-likeness (QED) is 0.456. The molecule has 8 nitrogen and oxygen atoms in total. The molecule has 0 saturated carbocycles. The molecule has 2 amide bonds. The summed E-state index contributed by atoms with van der Waals surface area (Å²) < 4.78 is 13.0. The summed E-state index contributed by atoms with van der Waals surface area (Å²) in [5.41, 5.74) is 1.19. The van der Waals surface area contributed by atoms with Crippen molar-refractivity contribution < 1.29 is 19.1 Å². The zero-order valence-corrected chi connectivity index (χ0v) is 21.6. The van der Waals surface area contributed by atoms with Gasteiger partial charge in [0.1, 0.15) is 17.0 Å². The van der Waals surface area contributed by atoms with Crippen molar-refractivity contribution in [1.82, 2.24) is 20.4 Å². The van der Waals surface area contributed by atoms with Crippen LogP contribution in [0.15, 0.2) is 47.1 Å². The Kier molecular flexibility index (Phi) is 5.99. The fourth-order valence-electron chi connectivity index (χ4n) is 4.89. The number of carbonyl (C=O) groups excluding carboxylic acids is 2. The van der Waals surface area contributed by atoms with Crippen molar-refractivity contribution in [3.63, 3.8) is 0 Å². The molecule has 35 heavy (non-hydrogen) atoms. The number of nitrogens with zero attached hydrogens (tertiary/aromatic N) is 2. The summed E-state index contributed by atoms with van der Waals surface area (Å²) in [7, 11) is 0. The van der Waals surface area contributed by atoms with E-state index in [9.17, 15) is 9.59 Å². The zero-order chi connectivity index (χ0) is 24.8. The molecule has 184 valence electrons. The lowest BCUT2D eigenvalue weighted by Gasteiger charge is -2.47. The molecule has 1 unspecified atom stereocenters. The van der Waals surface area contributed by atoms with Crippen molar-refractivity contribution in [2.75, 3.05) is 13.1 Å². The smallest absolute Gasteiger partial charge is 0.410 e. The van der Waals surface area contributed by atoms with Crippen LogP contribution in [0.5, 0.6) is 5.75 Å². The second kappa shape index (κ2) is 8.86. The van der Waals surface area contributed by atoms with Crippen LogP contribution in [0.4, 0.5) is 4.79 Å². The van der Waals surface area contributed by atoms with Gasteiger partial charge < -0.3 is 19.7 Å². The summed E-state index contributed by atoms with van der Waals surface area (Å²) in [5.74, 6) is 0.592. The minimum absolute atomic E-state index is 0.168. The summed E-state index contributed by atoms with van der Waals surface area (Å²) in [4.78, 5) is 27.7. The van der Waals surface area contributed by atoms with Crippen molar-refractivity contribution in [1.29, 1.82) is 0 Å². The molecule has 1 saturated heterocycles. The van der Waals surface area contributed by atoms with Gasteiger partial charge in [-0.3, -0.25) is 9.89 Å². The van der Waals surface area contributed by atoms with Crippen LogP contribution in [-0.2, 0) is 4.74 Å². The largest absolute Gasteiger partial charge is 0.487 e. The molecule has 1 spiro atoms. The van der Waals surface area contributed by atoms with Gasteiger partial charge in [0.05, 0.1) is 23.3 Å². The van der Waals surface area contributed by atoms with Crippen LogP contribution in [0.2, 0.25) is 0 Å². The van der Waals surface area contributed by atoms with E-state index in [4.69, 9.17) is 9.47 Å². The van der Waals surface area contributed by atoms with Crippen molar-refractivity contribution in [2.24, 2.45) is 0 Å². The van der Waals surface area contributed by atoms with Gasteiger partial charge in [0.15, 0.2) is 0 Å². The topological polar surface area (TPSA) is 96.5 Å². The Hall–Kier alpha value is -3.07. The monoisotopic (exact) mass is 540 g/mol. The number of likely N-dealkylation sites (tertiary alicyclic amines) is 1. The van der Waals surface area contributed by atoms with Crippen LogP contribution in [0, 0.1) is 0 Å². The van der Waals surface area contributed by atoms with Crippen molar-refractivity contribution >= 4 is 38.8 Å². The Morgan fingerprint density at radius 1 is 1.23 bits per heavy atom. The normalized spacial score (nSPS) is 19.2. The van der Waals surface area contributed by atoms with E-state index in [1.165, 1.54) is 0 Å². The number of amides is 2. The number of carbonyl (C=O) groups is 2. The van der Waals surface area contributed by atoms with Gasteiger partial charge in [-0.15, -0.1) is 0 Å². The Labute approximate surface area is 212 Å². The number of hydrogen-bond donors (Lipinski definition) is 2. The SMILES string of the molecule is CC(C)(C)OC(=O)N1CCC2(CC1)CC(NC(=O)c1cccc3cn[nH]c13)c1cc(Br)ccc1O2. The Morgan fingerprint density at radius 2 is 2.00 bits per heavy atom. The van der Waals surface area contributed by atoms with Crippen LogP contribution in [0.1, 0.15) is 62.0 Å². The molecule has 3 heterocycles. The number of halogens is 1. The van der Waals surface area contributed by atoms with E-state index in [1.54, 1.807) is 17.2 Å². The standard InChI is InChI=1S/C26H29BrN4O4/c1-25(2,3)35-24(33)31-11-9-26(10-12-31)14-20(19-13-17(27)7-8-21(19)34-26)29-23(32)18-6-4-5-16-15-28-30-22(16)18/h4-8,13,15,20H,9-12,14H2,1-3H3,(H,28,30)(H,29,32). The third-order valence-electron chi connectivity index (χ3n) is 6.60. The molecule has 2 aromatic carbocycles. The summed E-state index contributed by atoms with van der Waals surface area (Å²) in [5, 5.41) is 11.1. The van der Waals surface area contributed by atoms with Gasteiger partial charge in [-0.25, -0.2) is 4.79 Å². The number of fused-ring (bicyclic) bond motifs is 2. The number of para-hydroxylation sites is 1. The first-order valence-electron chi connectivity index (χ1n) is 11.8. The zero-order valence-electron chi connectivity index (χ0n) is 20.1. The molecule has 3 aromatic rings. The molecule has 5 rings (SSSR count). The van der Waals surface area contributed by atoms with E-state index in [0.29, 0.717) is 43.4 Å². The minimum atomic E-state index is -0.535. The number of piperidine rings is 1. The van der Waals surface area contributed by atoms with Crippen LogP contribution >= 0.6 is 15.9 Å². The Morgan fingerprint density at radius 3 is 2.74 bits per heavy atom. The van der Waals surface area contributed by atoms with E-state index < -0.39 is 11.2 Å². The van der Waals surface area contributed by atoms with Crippen LogP contribution < -0.4 is 10.1 Å². The summed E-state index contributed by atoms with van der Waals surface area (Å²) in [6, 6.07) is 11.2. The van der Waals surface area contributed by atoms with E-state index in [2.05, 4.69) is 31.4 Å². The van der Waals surface area contributed by atoms with Gasteiger partial charge in [0, 0.05) is 47.8 Å². The van der Waals surface area contributed by atoms with Crippen molar-refractivity contribution in [3.8, 4) is 5.75 Å². The maximum atomic E-state index is 13.4. The predicted octanol–water partition coefficient (Wildman–Crippen LogP) is 5.35. The fraction of sp³-hybridized carbons (Fsp3) is 0.423. The number of nitrogens with one attached hydrogen (secondary N) is 2. The average molecular weight is 541 g/mol. The molecular formula is C26H29BrN4O4. The van der Waals surface area contributed by atoms with E-state index in [-0.39, 0.29) is 18.0 Å². The lowest BCUT2D eigenvalue weighted by atomic mass is 9.80. The molecule has 0 aliphatic carbocycles. The first-order valence-corrected chi connectivity index (χ1v) is 12.6. The molecule has 2 N–H and O–H groups in total. The highest BCUT2D eigenvalue weighted by Crippen LogP contribution is 2.45. The highest BCUT2D eigenvalue weighted by Gasteiger charge is 2.45. The number of rotatable bonds is 2. The first kappa shape index (κ1) is 23.7. The van der Waals surface area contributed by atoms with E-state index >= 15 is 0 Å². The first-order chi connectivity index (χ1) is 16.6. The number of ether oxygens (including phenoxy) is 2. The van der Waals surface area contributed by atoms with Crippen LogP contribution in [0.25, 0.3) is 10.9 Å². The second-order valence-corrected chi connectivity index (χ2v) is 11.2. The Balaban J connectivity index is 1.38. The van der Waals surface area contributed by atoms with E-state index in [0.717, 1.165) is 21.2 Å². The van der Waals surface area contributed by atoms with Gasteiger partial charge in [-0.2, -0.15) is 5.10 Å². The molecule has 1 fully saturated rings. The van der Waals surface area contributed by atoms with Gasteiger partial charge >= 0.3 is 6.09 Å². The molecule has 2 aliphatic heterocycles. The van der Waals surface area contributed by atoms with Crippen molar-refractivity contribution in [3.05, 3.63) is 58.2 Å². The highest BCUT2D eigenvalue weighted by molar-refractivity contribution is 9.10. The van der Waals surface area contributed by atoms with Crippen molar-refractivity contribution in [2.45, 2.75) is 57.3 Å². The predicted molar refractivity (Wildman–Crippen MR) is 135 cm³/mol. The maximum absolute atomic E-state index is 13.4. The van der Waals surface area contributed by atoms with Gasteiger partial charge in [-0.05, 0) is 45.0 Å². The van der Waals surface area contributed by atoms with Gasteiger partial charge in [-0.1, -0.05) is 28.1 Å². The number of aromatic nitrogens is 2. The summed E-state index contributed by atoms with van der Waals surface area (Å²) in [6.45, 7) is 6.68. The summed E-state index contributed by atoms with van der Waals surface area (Å²) in [6.07, 6.45) is 3.34. The number of H-pyrrole nitrogens is 1. The second-order valence-electron chi connectivity index (χ2n) is 10.3.